The fourth-order valence-electron chi connectivity index (χ4n) is 1.61. The summed E-state index contributed by atoms with van der Waals surface area (Å²) in [5.74, 6) is -0.902. The number of ether oxygens (including phenoxy) is 1. The van der Waals surface area contributed by atoms with Crippen LogP contribution in [0.5, 0.6) is 0 Å². The van der Waals surface area contributed by atoms with Gasteiger partial charge in [-0.15, -0.1) is 0 Å². The molecule has 0 aromatic carbocycles. The molecular formula is C14H23N3O3. The van der Waals surface area contributed by atoms with Crippen molar-refractivity contribution in [2.75, 3.05) is 0 Å². The van der Waals surface area contributed by atoms with E-state index in [0.717, 1.165) is 5.69 Å². The van der Waals surface area contributed by atoms with Crippen LogP contribution in [0.15, 0.2) is 6.07 Å². The first-order valence-electron chi connectivity index (χ1n) is 6.66. The highest BCUT2D eigenvalue weighted by Gasteiger charge is 2.29. The van der Waals surface area contributed by atoms with Crippen LogP contribution in [0, 0.1) is 12.8 Å². The Kier molecular flexibility index (Phi) is 4.92. The van der Waals surface area contributed by atoms with E-state index in [1.165, 1.54) is 0 Å². The standard InChI is InChI=1S/C14H23N3O3/c1-8(2)11(13(19)20-14(4,5)6)15-12(18)10-7-9(3)16-17-10/h7-8,11H,1-6H3,(H,15,18)(H,16,17)/t11-/m1/s1. The van der Waals surface area contributed by atoms with Crippen LogP contribution in [-0.4, -0.2) is 33.7 Å². The molecule has 0 saturated heterocycles. The lowest BCUT2D eigenvalue weighted by molar-refractivity contribution is -0.158. The zero-order chi connectivity index (χ0) is 15.5. The molecule has 6 heteroatoms. The fourth-order valence-corrected chi connectivity index (χ4v) is 1.61. The molecule has 0 spiro atoms. The van der Waals surface area contributed by atoms with E-state index in [0.29, 0.717) is 0 Å². The third-order valence-electron chi connectivity index (χ3n) is 2.55. The van der Waals surface area contributed by atoms with E-state index in [1.807, 2.05) is 13.8 Å². The molecule has 20 heavy (non-hydrogen) atoms. The maximum atomic E-state index is 12.1. The van der Waals surface area contributed by atoms with Crippen molar-refractivity contribution in [2.45, 2.75) is 53.2 Å². The molecule has 6 nitrogen and oxygen atoms in total. The first-order valence-corrected chi connectivity index (χ1v) is 6.66. The molecule has 0 aliphatic rings. The van der Waals surface area contributed by atoms with E-state index in [4.69, 9.17) is 4.74 Å². The van der Waals surface area contributed by atoms with Gasteiger partial charge in [0.2, 0.25) is 0 Å². The summed E-state index contributed by atoms with van der Waals surface area (Å²) in [6.07, 6.45) is 0. The van der Waals surface area contributed by atoms with Gasteiger partial charge >= 0.3 is 5.97 Å². The number of aryl methyl sites for hydroxylation is 1. The van der Waals surface area contributed by atoms with Gasteiger partial charge in [0.15, 0.2) is 0 Å². The van der Waals surface area contributed by atoms with Crippen LogP contribution >= 0.6 is 0 Å². The third kappa shape index (κ3) is 4.68. The Labute approximate surface area is 119 Å². The average molecular weight is 281 g/mol. The van der Waals surface area contributed by atoms with Crippen molar-refractivity contribution in [1.82, 2.24) is 15.5 Å². The summed E-state index contributed by atoms with van der Waals surface area (Å²) in [5.41, 5.74) is 0.461. The zero-order valence-corrected chi connectivity index (χ0v) is 12.9. The average Bonchev–Trinajstić information content (AvgIpc) is 2.69. The first-order chi connectivity index (χ1) is 9.10. The number of aromatic amines is 1. The molecule has 1 atom stereocenters. The first kappa shape index (κ1) is 16.2. The van der Waals surface area contributed by atoms with Crippen LogP contribution in [0.3, 0.4) is 0 Å². The Morgan fingerprint density at radius 3 is 2.35 bits per heavy atom. The summed E-state index contributed by atoms with van der Waals surface area (Å²) in [7, 11) is 0. The highest BCUT2D eigenvalue weighted by molar-refractivity contribution is 5.95. The number of nitrogens with one attached hydrogen (secondary N) is 2. The number of rotatable bonds is 4. The number of esters is 1. The van der Waals surface area contributed by atoms with Gasteiger partial charge < -0.3 is 10.1 Å². The molecule has 2 N–H and O–H groups in total. The molecule has 0 radical (unpaired) electrons. The third-order valence-corrected chi connectivity index (χ3v) is 2.55. The Bertz CT molecular complexity index is 486. The summed E-state index contributed by atoms with van der Waals surface area (Å²) in [4.78, 5) is 24.1. The van der Waals surface area contributed by atoms with E-state index in [-0.39, 0.29) is 17.5 Å². The van der Waals surface area contributed by atoms with Crippen LogP contribution in [0.1, 0.15) is 50.8 Å². The van der Waals surface area contributed by atoms with Gasteiger partial charge in [-0.1, -0.05) is 13.8 Å². The van der Waals surface area contributed by atoms with Gasteiger partial charge in [-0.3, -0.25) is 9.89 Å². The molecule has 0 fully saturated rings. The minimum absolute atomic E-state index is 0.0751. The molecule has 0 unspecified atom stereocenters. The van der Waals surface area contributed by atoms with Crippen molar-refractivity contribution >= 4 is 11.9 Å². The molecule has 0 aliphatic heterocycles. The van der Waals surface area contributed by atoms with Crippen LogP contribution in [0.4, 0.5) is 0 Å². The topological polar surface area (TPSA) is 84.1 Å². The number of aromatic nitrogens is 2. The number of carbonyl (C=O) groups is 2. The molecule has 1 rings (SSSR count). The van der Waals surface area contributed by atoms with Crippen molar-refractivity contribution in [3.05, 3.63) is 17.5 Å². The SMILES string of the molecule is Cc1cc(C(=O)N[C@@H](C(=O)OC(C)(C)C)C(C)C)n[nH]1. The molecule has 1 aromatic heterocycles. The molecule has 1 amide bonds. The van der Waals surface area contributed by atoms with Crippen molar-refractivity contribution < 1.29 is 14.3 Å². The summed E-state index contributed by atoms with van der Waals surface area (Å²) in [6.45, 7) is 10.9. The lowest BCUT2D eigenvalue weighted by Gasteiger charge is -2.26. The molecule has 1 aromatic rings. The lowest BCUT2D eigenvalue weighted by Crippen LogP contribution is -2.47. The highest BCUT2D eigenvalue weighted by atomic mass is 16.6. The molecular weight excluding hydrogens is 258 g/mol. The fraction of sp³-hybridized carbons (Fsp3) is 0.643. The van der Waals surface area contributed by atoms with E-state index in [1.54, 1.807) is 33.8 Å². The van der Waals surface area contributed by atoms with Crippen LogP contribution in [0.2, 0.25) is 0 Å². The van der Waals surface area contributed by atoms with Crippen molar-refractivity contribution in [2.24, 2.45) is 5.92 Å². The second kappa shape index (κ2) is 6.07. The Balaban J connectivity index is 2.77. The summed E-state index contributed by atoms with van der Waals surface area (Å²) >= 11 is 0. The predicted octanol–water partition coefficient (Wildman–Crippen LogP) is 1.81. The molecule has 112 valence electrons. The number of nitrogens with zero attached hydrogens (tertiary/aromatic N) is 1. The minimum Gasteiger partial charge on any atom is -0.458 e. The largest absolute Gasteiger partial charge is 0.458 e. The van der Waals surface area contributed by atoms with E-state index in [9.17, 15) is 9.59 Å². The Morgan fingerprint density at radius 2 is 1.95 bits per heavy atom. The number of amides is 1. The number of carbonyl (C=O) groups excluding carboxylic acids is 2. The van der Waals surface area contributed by atoms with Gasteiger partial charge in [0.25, 0.3) is 5.91 Å². The van der Waals surface area contributed by atoms with E-state index in [2.05, 4.69) is 15.5 Å². The maximum absolute atomic E-state index is 12.1. The number of hydrogen-bond acceptors (Lipinski definition) is 4. The molecule has 1 heterocycles. The van der Waals surface area contributed by atoms with Crippen molar-refractivity contribution in [1.29, 1.82) is 0 Å². The monoisotopic (exact) mass is 281 g/mol. The van der Waals surface area contributed by atoms with Gasteiger partial charge in [0.1, 0.15) is 17.3 Å². The van der Waals surface area contributed by atoms with E-state index < -0.39 is 17.6 Å². The quantitative estimate of drug-likeness (QED) is 0.824. The van der Waals surface area contributed by atoms with Gasteiger partial charge in [0, 0.05) is 5.69 Å². The smallest absolute Gasteiger partial charge is 0.329 e. The predicted molar refractivity (Wildman–Crippen MR) is 75.3 cm³/mol. The van der Waals surface area contributed by atoms with Crippen molar-refractivity contribution in [3.63, 3.8) is 0 Å². The van der Waals surface area contributed by atoms with Crippen LogP contribution in [-0.2, 0) is 9.53 Å². The summed E-state index contributed by atoms with van der Waals surface area (Å²) in [5, 5.41) is 9.24. The van der Waals surface area contributed by atoms with Crippen LogP contribution in [0.25, 0.3) is 0 Å². The van der Waals surface area contributed by atoms with Crippen LogP contribution < -0.4 is 5.32 Å². The van der Waals surface area contributed by atoms with E-state index >= 15 is 0 Å². The molecule has 0 bridgehead atoms. The van der Waals surface area contributed by atoms with Gasteiger partial charge in [-0.25, -0.2) is 4.79 Å². The highest BCUT2D eigenvalue weighted by Crippen LogP contribution is 2.13. The molecule has 0 saturated carbocycles. The van der Waals surface area contributed by atoms with Gasteiger partial charge in [0.05, 0.1) is 0 Å². The Hall–Kier alpha value is -1.85. The normalized spacial score (nSPS) is 13.2. The maximum Gasteiger partial charge on any atom is 0.329 e. The van der Waals surface area contributed by atoms with Gasteiger partial charge in [-0.2, -0.15) is 5.10 Å². The second-order valence-corrected chi connectivity index (χ2v) is 6.16. The Morgan fingerprint density at radius 1 is 1.35 bits per heavy atom. The zero-order valence-electron chi connectivity index (χ0n) is 12.9. The second-order valence-electron chi connectivity index (χ2n) is 6.16. The minimum atomic E-state index is -0.696. The summed E-state index contributed by atoms with van der Waals surface area (Å²) < 4.78 is 5.32. The number of H-pyrrole nitrogens is 1. The number of hydrogen-bond donors (Lipinski definition) is 2. The van der Waals surface area contributed by atoms with Gasteiger partial charge in [-0.05, 0) is 39.7 Å². The molecule has 0 aliphatic carbocycles. The van der Waals surface area contributed by atoms with Crippen molar-refractivity contribution in [3.8, 4) is 0 Å². The lowest BCUT2D eigenvalue weighted by atomic mass is 10.0. The summed E-state index contributed by atoms with van der Waals surface area (Å²) in [6, 6.07) is 0.931.